The summed E-state index contributed by atoms with van der Waals surface area (Å²) >= 11 is 0. The molecule has 0 heterocycles. The van der Waals surface area contributed by atoms with E-state index in [1.165, 1.54) is 19.3 Å². The highest BCUT2D eigenvalue weighted by molar-refractivity contribution is 5.63. The van der Waals surface area contributed by atoms with Crippen molar-refractivity contribution in [2.24, 2.45) is 5.92 Å². The fourth-order valence-corrected chi connectivity index (χ4v) is 2.93. The number of hydrogen-bond donors (Lipinski definition) is 1. The van der Waals surface area contributed by atoms with E-state index in [4.69, 9.17) is 0 Å². The summed E-state index contributed by atoms with van der Waals surface area (Å²) in [4.78, 5) is 10.8. The lowest BCUT2D eigenvalue weighted by molar-refractivity contribution is -0.384. The van der Waals surface area contributed by atoms with Gasteiger partial charge in [0.25, 0.3) is 5.69 Å². The number of benzene rings is 1. The minimum absolute atomic E-state index is 0.193. The Morgan fingerprint density at radius 3 is 2.89 bits per heavy atom. The summed E-state index contributed by atoms with van der Waals surface area (Å²) < 4.78 is 0. The predicted octanol–water partition coefficient (Wildman–Crippen LogP) is 4.28. The summed E-state index contributed by atoms with van der Waals surface area (Å²) in [6.45, 7) is 4.10. The molecule has 0 radical (unpaired) electrons. The molecule has 0 bridgehead atoms. The monoisotopic (exact) mass is 262 g/mol. The third-order valence-corrected chi connectivity index (χ3v) is 4.07. The van der Waals surface area contributed by atoms with E-state index < -0.39 is 0 Å². The maximum absolute atomic E-state index is 11.1. The van der Waals surface area contributed by atoms with Gasteiger partial charge in [0.2, 0.25) is 0 Å². The van der Waals surface area contributed by atoms with Gasteiger partial charge in [0.05, 0.1) is 4.92 Å². The topological polar surface area (TPSA) is 55.2 Å². The van der Waals surface area contributed by atoms with Crippen LogP contribution in [0.2, 0.25) is 0 Å². The maximum atomic E-state index is 11.1. The van der Waals surface area contributed by atoms with Crippen LogP contribution < -0.4 is 5.32 Å². The van der Waals surface area contributed by atoms with Gasteiger partial charge in [-0.3, -0.25) is 10.1 Å². The minimum atomic E-state index is -0.296. The van der Waals surface area contributed by atoms with E-state index in [-0.39, 0.29) is 10.6 Å². The molecule has 1 aromatic carbocycles. The summed E-state index contributed by atoms with van der Waals surface area (Å²) in [7, 11) is 0. The molecule has 0 amide bonds. The third kappa shape index (κ3) is 3.46. The first kappa shape index (κ1) is 13.8. The molecule has 104 valence electrons. The quantitative estimate of drug-likeness (QED) is 0.650. The number of anilines is 1. The van der Waals surface area contributed by atoms with Crippen molar-refractivity contribution in [2.45, 2.75) is 52.0 Å². The van der Waals surface area contributed by atoms with E-state index >= 15 is 0 Å². The van der Waals surface area contributed by atoms with Crippen molar-refractivity contribution in [2.75, 3.05) is 5.32 Å². The molecule has 1 saturated carbocycles. The van der Waals surface area contributed by atoms with Gasteiger partial charge in [-0.05, 0) is 37.3 Å². The molecule has 4 nitrogen and oxygen atoms in total. The second-order valence-electron chi connectivity index (χ2n) is 5.56. The molecular weight excluding hydrogens is 240 g/mol. The van der Waals surface area contributed by atoms with Crippen LogP contribution in [0.25, 0.3) is 0 Å². The molecule has 1 fully saturated rings. The Balaban J connectivity index is 2.12. The highest BCUT2D eigenvalue weighted by Crippen LogP contribution is 2.32. The molecule has 4 heteroatoms. The van der Waals surface area contributed by atoms with Gasteiger partial charge in [-0.25, -0.2) is 0 Å². The molecular formula is C15H22N2O2. The Bertz CT molecular complexity index is 459. The van der Waals surface area contributed by atoms with Gasteiger partial charge in [0, 0.05) is 12.1 Å². The van der Waals surface area contributed by atoms with E-state index in [9.17, 15) is 10.1 Å². The molecule has 2 rings (SSSR count). The molecule has 0 aromatic heterocycles. The summed E-state index contributed by atoms with van der Waals surface area (Å²) in [5.41, 5.74) is 1.78. The maximum Gasteiger partial charge on any atom is 0.292 e. The molecule has 0 saturated heterocycles. The van der Waals surface area contributed by atoms with Crippen molar-refractivity contribution in [3.05, 3.63) is 33.9 Å². The van der Waals surface area contributed by atoms with E-state index in [1.807, 2.05) is 19.1 Å². The van der Waals surface area contributed by atoms with Gasteiger partial charge >= 0.3 is 0 Å². The van der Waals surface area contributed by atoms with Gasteiger partial charge < -0.3 is 5.32 Å². The zero-order chi connectivity index (χ0) is 13.8. The largest absolute Gasteiger partial charge is 0.377 e. The van der Waals surface area contributed by atoms with Gasteiger partial charge in [0.1, 0.15) is 5.69 Å². The molecule has 1 aromatic rings. The Morgan fingerprint density at radius 1 is 1.42 bits per heavy atom. The Morgan fingerprint density at radius 2 is 2.21 bits per heavy atom. The first-order chi connectivity index (χ1) is 9.10. The fourth-order valence-electron chi connectivity index (χ4n) is 2.93. The van der Waals surface area contributed by atoms with Gasteiger partial charge in [0.15, 0.2) is 0 Å². The molecule has 0 spiro atoms. The van der Waals surface area contributed by atoms with Crippen molar-refractivity contribution < 1.29 is 4.92 Å². The van der Waals surface area contributed by atoms with Gasteiger partial charge in [-0.15, -0.1) is 0 Å². The summed E-state index contributed by atoms with van der Waals surface area (Å²) in [6.07, 6.45) is 5.96. The summed E-state index contributed by atoms with van der Waals surface area (Å²) in [5, 5.41) is 14.5. The second kappa shape index (κ2) is 6.04. The Hall–Kier alpha value is -1.58. The number of nitrogens with zero attached hydrogens (tertiary/aromatic N) is 1. The first-order valence-electron chi connectivity index (χ1n) is 7.11. The van der Waals surface area contributed by atoms with Crippen LogP contribution in [0, 0.1) is 23.0 Å². The normalized spacial score (nSPS) is 23.1. The second-order valence-corrected chi connectivity index (χ2v) is 5.56. The molecule has 19 heavy (non-hydrogen) atoms. The average molecular weight is 262 g/mol. The van der Waals surface area contributed by atoms with Crippen LogP contribution >= 0.6 is 0 Å². The van der Waals surface area contributed by atoms with Crippen LogP contribution in [0.5, 0.6) is 0 Å². The summed E-state index contributed by atoms with van der Waals surface area (Å²) in [6, 6.07) is 5.78. The van der Waals surface area contributed by atoms with Crippen LogP contribution in [0.1, 0.15) is 44.6 Å². The molecule has 0 aliphatic heterocycles. The number of aryl methyl sites for hydroxylation is 1. The van der Waals surface area contributed by atoms with Crippen LogP contribution in [-0.2, 0) is 0 Å². The lowest BCUT2D eigenvalue weighted by Gasteiger charge is -2.29. The highest BCUT2D eigenvalue weighted by Gasteiger charge is 2.23. The molecule has 2 atom stereocenters. The number of nitrogens with one attached hydrogen (secondary N) is 1. The van der Waals surface area contributed by atoms with Crippen molar-refractivity contribution >= 4 is 11.4 Å². The first-order valence-corrected chi connectivity index (χ1v) is 7.11. The van der Waals surface area contributed by atoms with E-state index in [0.29, 0.717) is 11.7 Å². The third-order valence-electron chi connectivity index (χ3n) is 4.07. The van der Waals surface area contributed by atoms with Crippen molar-refractivity contribution in [1.29, 1.82) is 0 Å². The van der Waals surface area contributed by atoms with Crippen molar-refractivity contribution in [3.63, 3.8) is 0 Å². The SMILES string of the molecule is CCC1CCCC(Nc2ccc(C)cc2[N+](=O)[O-])C1. The molecule has 2 unspecified atom stereocenters. The predicted molar refractivity (Wildman–Crippen MR) is 77.5 cm³/mol. The lowest BCUT2D eigenvalue weighted by atomic mass is 9.84. The summed E-state index contributed by atoms with van der Waals surface area (Å²) in [5.74, 6) is 0.760. The van der Waals surface area contributed by atoms with Crippen molar-refractivity contribution in [3.8, 4) is 0 Å². The lowest BCUT2D eigenvalue weighted by Crippen LogP contribution is -2.27. The molecule has 1 aliphatic rings. The smallest absolute Gasteiger partial charge is 0.292 e. The standard InChI is InChI=1S/C15H22N2O2/c1-3-12-5-4-6-13(10-12)16-14-8-7-11(2)9-15(14)17(18)19/h7-9,12-13,16H,3-6,10H2,1-2H3. The zero-order valence-corrected chi connectivity index (χ0v) is 11.7. The number of nitro benzene ring substituents is 1. The number of nitro groups is 1. The zero-order valence-electron chi connectivity index (χ0n) is 11.7. The van der Waals surface area contributed by atoms with E-state index in [1.54, 1.807) is 6.07 Å². The van der Waals surface area contributed by atoms with Crippen LogP contribution in [-0.4, -0.2) is 11.0 Å². The number of hydrogen-bond acceptors (Lipinski definition) is 3. The van der Waals surface area contributed by atoms with Gasteiger partial charge in [-0.2, -0.15) is 0 Å². The average Bonchev–Trinajstić information content (AvgIpc) is 2.41. The minimum Gasteiger partial charge on any atom is -0.377 e. The Kier molecular flexibility index (Phi) is 4.40. The Labute approximate surface area is 114 Å². The molecule has 1 N–H and O–H groups in total. The van der Waals surface area contributed by atoms with Gasteiger partial charge in [-0.1, -0.05) is 32.3 Å². The van der Waals surface area contributed by atoms with E-state index in [2.05, 4.69) is 12.2 Å². The van der Waals surface area contributed by atoms with Crippen LogP contribution in [0.3, 0.4) is 0 Å². The fraction of sp³-hybridized carbons (Fsp3) is 0.600. The number of rotatable bonds is 4. The van der Waals surface area contributed by atoms with Crippen molar-refractivity contribution in [1.82, 2.24) is 0 Å². The van der Waals surface area contributed by atoms with Crippen LogP contribution in [0.4, 0.5) is 11.4 Å². The van der Waals surface area contributed by atoms with Crippen LogP contribution in [0.15, 0.2) is 18.2 Å². The van der Waals surface area contributed by atoms with E-state index in [0.717, 1.165) is 24.3 Å². The molecule has 1 aliphatic carbocycles. The highest BCUT2D eigenvalue weighted by atomic mass is 16.6.